The van der Waals surface area contributed by atoms with Crippen molar-refractivity contribution in [2.45, 2.75) is 40.0 Å². The summed E-state index contributed by atoms with van der Waals surface area (Å²) in [4.78, 5) is 25.9. The van der Waals surface area contributed by atoms with E-state index in [2.05, 4.69) is 5.32 Å². The predicted octanol–water partition coefficient (Wildman–Crippen LogP) is 2.93. The number of piperidine rings is 3. The number of hydrogen-bond acceptors (Lipinski definition) is 2. The Morgan fingerprint density at radius 2 is 1.55 bits per heavy atom. The molecule has 3 aliphatic heterocycles. The number of fused-ring (bicyclic) bond motifs is 2. The summed E-state index contributed by atoms with van der Waals surface area (Å²) in [5.41, 5.74) is 0. The minimum atomic E-state index is 0. The third-order valence-corrected chi connectivity index (χ3v) is 4.93. The molecule has 3 heterocycles. The van der Waals surface area contributed by atoms with E-state index >= 15 is 0 Å². The van der Waals surface area contributed by atoms with Crippen molar-refractivity contribution in [1.82, 2.24) is 4.90 Å². The van der Waals surface area contributed by atoms with Crippen LogP contribution in [0.5, 0.6) is 0 Å². The second-order valence-electron chi connectivity index (χ2n) is 6.08. The van der Waals surface area contributed by atoms with Crippen molar-refractivity contribution >= 4 is 11.7 Å². The first-order valence-electron chi connectivity index (χ1n) is 8.09. The molecule has 5 heteroatoms. The Balaban J connectivity index is 0.00000106. The van der Waals surface area contributed by atoms with Gasteiger partial charge in [-0.3, -0.25) is 9.59 Å². The number of carbonyl (C=O) groups is 2. The fraction of sp³-hybridized carbons (Fsp3) is 0.824. The fourth-order valence-electron chi connectivity index (χ4n) is 3.99. The Bertz CT molecular complexity index is 358. The van der Waals surface area contributed by atoms with Crippen LogP contribution in [0.1, 0.15) is 40.0 Å². The molecule has 0 aromatic rings. The third-order valence-electron chi connectivity index (χ3n) is 4.93. The van der Waals surface area contributed by atoms with Crippen LogP contribution in [-0.2, 0) is 28.1 Å². The summed E-state index contributed by atoms with van der Waals surface area (Å²) >= 11 is 0. The van der Waals surface area contributed by atoms with Gasteiger partial charge in [0.05, 0.1) is 0 Å². The first-order chi connectivity index (χ1) is 9.66. The summed E-state index contributed by atoms with van der Waals surface area (Å²) < 4.78 is 0. The van der Waals surface area contributed by atoms with E-state index < -0.39 is 0 Å². The van der Waals surface area contributed by atoms with Crippen LogP contribution in [0.25, 0.3) is 5.32 Å². The van der Waals surface area contributed by atoms with E-state index in [1.165, 1.54) is 0 Å². The molecule has 0 aromatic heterocycles. The maximum atomic E-state index is 12.4. The number of Topliss-reactive ketones (excluding diaryl/α,β-unsaturated/α-hetero) is 1. The molecular formula is C17H30N2O2V. The zero-order valence-electron chi connectivity index (χ0n) is 14.4. The number of carbonyl (C=O) groups excluding carboxylic acids is 2. The Labute approximate surface area is 147 Å². The molecule has 4 aliphatic rings. The van der Waals surface area contributed by atoms with Crippen LogP contribution >= 0.6 is 0 Å². The first-order valence-corrected chi connectivity index (χ1v) is 8.09. The molecule has 0 spiro atoms. The Morgan fingerprint density at radius 3 is 2.00 bits per heavy atom. The van der Waals surface area contributed by atoms with Gasteiger partial charge in [-0.1, -0.05) is 26.7 Å². The van der Waals surface area contributed by atoms with Gasteiger partial charge in [-0.05, 0) is 25.2 Å². The van der Waals surface area contributed by atoms with Crippen LogP contribution in [0.15, 0.2) is 0 Å². The summed E-state index contributed by atoms with van der Waals surface area (Å²) in [7, 11) is 0. The number of hydrogen-bond donors (Lipinski definition) is 0. The van der Waals surface area contributed by atoms with Crippen molar-refractivity contribution in [1.29, 1.82) is 0 Å². The monoisotopic (exact) mass is 345 g/mol. The van der Waals surface area contributed by atoms with Gasteiger partial charge >= 0.3 is 18.6 Å². The van der Waals surface area contributed by atoms with E-state index in [0.29, 0.717) is 23.5 Å². The number of nitrogens with zero attached hydrogens (tertiary/aromatic N) is 2. The van der Waals surface area contributed by atoms with Gasteiger partial charge in [0.15, 0.2) is 0 Å². The maximum Gasteiger partial charge on any atom is 2.00 e. The van der Waals surface area contributed by atoms with E-state index in [1.54, 1.807) is 6.92 Å². The minimum Gasteiger partial charge on any atom is -0.662 e. The molecule has 22 heavy (non-hydrogen) atoms. The third kappa shape index (κ3) is 4.36. The van der Waals surface area contributed by atoms with Gasteiger partial charge in [0.2, 0.25) is 5.91 Å². The van der Waals surface area contributed by atoms with Gasteiger partial charge in [0, 0.05) is 24.9 Å². The van der Waals surface area contributed by atoms with Crippen molar-refractivity contribution < 1.29 is 28.1 Å². The summed E-state index contributed by atoms with van der Waals surface area (Å²) in [6, 6.07) is 0. The SMILES string of the molecule is CC.CC(=O)C1C2CC1CN(C(=O)C1CC[N-]CC1)C2.[CH3-].[V+2]. The Morgan fingerprint density at radius 1 is 1.05 bits per heavy atom. The van der Waals surface area contributed by atoms with Crippen molar-refractivity contribution in [3.05, 3.63) is 12.7 Å². The number of ketones is 1. The van der Waals surface area contributed by atoms with E-state index in [1.807, 2.05) is 18.7 Å². The van der Waals surface area contributed by atoms with Crippen LogP contribution in [0, 0.1) is 31.1 Å². The van der Waals surface area contributed by atoms with Crippen molar-refractivity contribution in [2.75, 3.05) is 26.2 Å². The average molecular weight is 345 g/mol. The molecule has 2 unspecified atom stereocenters. The van der Waals surface area contributed by atoms with Gasteiger partial charge in [0.25, 0.3) is 0 Å². The molecular weight excluding hydrogens is 315 g/mol. The largest absolute Gasteiger partial charge is 2.00 e. The molecule has 0 N–H and O–H groups in total. The Kier molecular flexibility index (Phi) is 9.60. The summed E-state index contributed by atoms with van der Waals surface area (Å²) in [5.74, 6) is 1.96. The average Bonchev–Trinajstić information content (AvgIpc) is 2.49. The summed E-state index contributed by atoms with van der Waals surface area (Å²) in [6.07, 6.45) is 2.98. The van der Waals surface area contributed by atoms with Crippen LogP contribution in [0.4, 0.5) is 0 Å². The molecule has 1 aliphatic carbocycles. The summed E-state index contributed by atoms with van der Waals surface area (Å²) in [5, 5.41) is 4.30. The van der Waals surface area contributed by atoms with Crippen molar-refractivity contribution in [3.8, 4) is 0 Å². The van der Waals surface area contributed by atoms with Crippen molar-refractivity contribution in [2.24, 2.45) is 23.7 Å². The molecule has 2 atom stereocenters. The van der Waals surface area contributed by atoms with E-state index in [-0.39, 0.29) is 37.8 Å². The smallest absolute Gasteiger partial charge is 0.662 e. The predicted molar refractivity (Wildman–Crippen MR) is 85.9 cm³/mol. The quantitative estimate of drug-likeness (QED) is 0.723. The molecule has 4 nitrogen and oxygen atoms in total. The van der Waals surface area contributed by atoms with E-state index in [9.17, 15) is 9.59 Å². The van der Waals surface area contributed by atoms with E-state index in [4.69, 9.17) is 0 Å². The Hall–Kier alpha value is -0.316. The topological polar surface area (TPSA) is 51.5 Å². The normalized spacial score (nSPS) is 29.8. The van der Waals surface area contributed by atoms with Crippen LogP contribution in [0.3, 0.4) is 0 Å². The minimum absolute atomic E-state index is 0. The molecule has 4 rings (SSSR count). The van der Waals surface area contributed by atoms with Crippen LogP contribution in [-0.4, -0.2) is 42.8 Å². The maximum absolute atomic E-state index is 12.4. The van der Waals surface area contributed by atoms with Gasteiger partial charge in [-0.15, -0.1) is 13.1 Å². The van der Waals surface area contributed by atoms with Crippen LogP contribution in [0.2, 0.25) is 0 Å². The molecule has 125 valence electrons. The number of amides is 1. The second-order valence-corrected chi connectivity index (χ2v) is 6.08. The molecule has 1 saturated carbocycles. The molecule has 1 amide bonds. The molecule has 0 aromatic carbocycles. The molecule has 4 fully saturated rings. The summed E-state index contributed by atoms with van der Waals surface area (Å²) in [6.45, 7) is 9.00. The zero-order chi connectivity index (χ0) is 14.7. The molecule has 2 bridgehead atoms. The van der Waals surface area contributed by atoms with Crippen LogP contribution < -0.4 is 0 Å². The van der Waals surface area contributed by atoms with E-state index in [0.717, 1.165) is 45.4 Å². The van der Waals surface area contributed by atoms with Gasteiger partial charge in [-0.25, -0.2) is 0 Å². The van der Waals surface area contributed by atoms with Crippen molar-refractivity contribution in [3.63, 3.8) is 0 Å². The van der Waals surface area contributed by atoms with Gasteiger partial charge in [-0.2, -0.15) is 0 Å². The second kappa shape index (κ2) is 9.74. The fourth-order valence-corrected chi connectivity index (χ4v) is 3.99. The van der Waals surface area contributed by atoms with Gasteiger partial charge < -0.3 is 17.6 Å². The van der Waals surface area contributed by atoms with Gasteiger partial charge in [0.1, 0.15) is 5.78 Å². The molecule has 3 saturated heterocycles. The standard InChI is InChI=1S/C14H21N2O2.C2H6.CH3.V/c1-9(17)13-11-6-12(13)8-16(7-11)14(18)10-2-4-15-5-3-10;1-2;;/h10-13H,2-8H2,1H3;1-2H3;1H3;/q-1;;-1;+2. The number of rotatable bonds is 2. The zero-order valence-corrected chi connectivity index (χ0v) is 15.8. The first kappa shape index (κ1) is 21.7. The molecule has 1 radical (unpaired) electrons.